The lowest BCUT2D eigenvalue weighted by Crippen LogP contribution is -2.29. The van der Waals surface area contributed by atoms with Gasteiger partial charge in [-0.15, -0.1) is 0 Å². The molecule has 1 aliphatic rings. The zero-order valence-electron chi connectivity index (χ0n) is 15.3. The Morgan fingerprint density at radius 2 is 2.08 bits per heavy atom. The largest absolute Gasteiger partial charge is 0.468 e. The van der Waals surface area contributed by atoms with Gasteiger partial charge in [-0.2, -0.15) is 4.31 Å². The first-order valence-electron chi connectivity index (χ1n) is 8.71. The third-order valence-corrected chi connectivity index (χ3v) is 6.30. The van der Waals surface area contributed by atoms with Gasteiger partial charge in [0.05, 0.1) is 17.7 Å². The van der Waals surface area contributed by atoms with E-state index < -0.39 is 10.0 Å². The lowest BCUT2D eigenvalue weighted by molar-refractivity contribution is -0.119. The third-order valence-electron chi connectivity index (χ3n) is 4.50. The number of rotatable bonds is 6. The molecule has 1 aromatic heterocycles. The number of sulfonamides is 1. The molecule has 0 N–H and O–H groups in total. The standard InChI is InChI=1S/C19H24N2O4S/c1-14(2)11-19(22)21-9-8-15-12-17(6-7-18(15)21)26(23,24)20(3)13-16-5-4-10-25-16/h4-7,10,12,14H,8-9,11,13H2,1-3H3. The molecule has 0 atom stereocenters. The summed E-state index contributed by atoms with van der Waals surface area (Å²) in [6.07, 6.45) is 2.68. The van der Waals surface area contributed by atoms with Crippen LogP contribution in [-0.2, 0) is 27.8 Å². The van der Waals surface area contributed by atoms with Gasteiger partial charge >= 0.3 is 0 Å². The molecule has 3 rings (SSSR count). The fraction of sp³-hybridized carbons (Fsp3) is 0.421. The fourth-order valence-corrected chi connectivity index (χ4v) is 4.33. The third kappa shape index (κ3) is 3.68. The lowest BCUT2D eigenvalue weighted by atomic mass is 10.1. The summed E-state index contributed by atoms with van der Waals surface area (Å²) in [5, 5.41) is 0. The van der Waals surface area contributed by atoms with Crippen molar-refractivity contribution in [2.24, 2.45) is 5.92 Å². The Labute approximate surface area is 154 Å². The summed E-state index contributed by atoms with van der Waals surface area (Å²) < 4.78 is 32.1. The van der Waals surface area contributed by atoms with Crippen LogP contribution < -0.4 is 4.90 Å². The highest BCUT2D eigenvalue weighted by Crippen LogP contribution is 2.32. The normalized spacial score (nSPS) is 14.3. The molecule has 2 aromatic rings. The fourth-order valence-electron chi connectivity index (χ4n) is 3.14. The van der Waals surface area contributed by atoms with Gasteiger partial charge in [0.1, 0.15) is 5.76 Å². The topological polar surface area (TPSA) is 70.8 Å². The van der Waals surface area contributed by atoms with Crippen molar-refractivity contribution in [1.29, 1.82) is 0 Å². The smallest absolute Gasteiger partial charge is 0.243 e. The molecule has 6 nitrogen and oxygen atoms in total. The second kappa shape index (κ2) is 7.25. The van der Waals surface area contributed by atoms with E-state index in [1.54, 1.807) is 35.2 Å². The second-order valence-electron chi connectivity index (χ2n) is 7.02. The van der Waals surface area contributed by atoms with E-state index in [0.717, 1.165) is 11.3 Å². The predicted octanol–water partition coefficient (Wildman–Crippen LogP) is 3.04. The van der Waals surface area contributed by atoms with Gasteiger partial charge in [-0.05, 0) is 48.2 Å². The molecule has 0 aliphatic carbocycles. The van der Waals surface area contributed by atoms with Crippen molar-refractivity contribution in [1.82, 2.24) is 4.31 Å². The predicted molar refractivity (Wildman–Crippen MR) is 99.3 cm³/mol. The Kier molecular flexibility index (Phi) is 5.20. The van der Waals surface area contributed by atoms with Gasteiger partial charge < -0.3 is 9.32 Å². The number of furan rings is 1. The molecule has 0 bridgehead atoms. The number of fused-ring (bicyclic) bond motifs is 1. The summed E-state index contributed by atoms with van der Waals surface area (Å²) in [7, 11) is -2.09. The van der Waals surface area contributed by atoms with E-state index in [1.807, 2.05) is 13.8 Å². The zero-order valence-corrected chi connectivity index (χ0v) is 16.1. The molecule has 0 unspecified atom stereocenters. The lowest BCUT2D eigenvalue weighted by Gasteiger charge is -2.20. The van der Waals surface area contributed by atoms with Gasteiger partial charge in [-0.3, -0.25) is 4.79 Å². The molecular formula is C19H24N2O4S. The first kappa shape index (κ1) is 18.7. The number of carbonyl (C=O) groups excluding carboxylic acids is 1. The van der Waals surface area contributed by atoms with Crippen molar-refractivity contribution in [2.45, 2.75) is 38.1 Å². The SMILES string of the molecule is CC(C)CC(=O)N1CCc2cc(S(=O)(=O)N(C)Cc3ccco3)ccc21. The minimum atomic E-state index is -3.62. The first-order valence-corrected chi connectivity index (χ1v) is 10.1. The number of nitrogens with zero attached hydrogens (tertiary/aromatic N) is 2. The minimum absolute atomic E-state index is 0.0873. The van der Waals surface area contributed by atoms with E-state index in [2.05, 4.69) is 0 Å². The molecule has 0 spiro atoms. The Balaban J connectivity index is 1.81. The highest BCUT2D eigenvalue weighted by Gasteiger charge is 2.28. The maximum atomic E-state index is 12.8. The van der Waals surface area contributed by atoms with E-state index in [4.69, 9.17) is 4.42 Å². The molecule has 0 saturated carbocycles. The average molecular weight is 376 g/mol. The highest BCUT2D eigenvalue weighted by atomic mass is 32.2. The monoisotopic (exact) mass is 376 g/mol. The summed E-state index contributed by atoms with van der Waals surface area (Å²) >= 11 is 0. The number of anilines is 1. The van der Waals surface area contributed by atoms with Crippen LogP contribution in [0.4, 0.5) is 5.69 Å². The Hall–Kier alpha value is -2.12. The van der Waals surface area contributed by atoms with Crippen molar-refractivity contribution >= 4 is 21.6 Å². The van der Waals surface area contributed by atoms with E-state index in [0.29, 0.717) is 31.1 Å². The van der Waals surface area contributed by atoms with Crippen molar-refractivity contribution in [3.8, 4) is 0 Å². The maximum Gasteiger partial charge on any atom is 0.243 e. The van der Waals surface area contributed by atoms with Crippen LogP contribution in [0.25, 0.3) is 0 Å². The van der Waals surface area contributed by atoms with Gasteiger partial charge in [0.2, 0.25) is 15.9 Å². The van der Waals surface area contributed by atoms with Crippen LogP contribution in [0.15, 0.2) is 45.9 Å². The van der Waals surface area contributed by atoms with E-state index in [-0.39, 0.29) is 17.3 Å². The van der Waals surface area contributed by atoms with E-state index >= 15 is 0 Å². The molecule has 7 heteroatoms. The van der Waals surface area contributed by atoms with Crippen molar-refractivity contribution in [3.63, 3.8) is 0 Å². The first-order chi connectivity index (χ1) is 12.3. The van der Waals surface area contributed by atoms with Crippen LogP contribution in [-0.4, -0.2) is 32.2 Å². The van der Waals surface area contributed by atoms with Gasteiger partial charge in [0, 0.05) is 25.7 Å². The van der Waals surface area contributed by atoms with Crippen LogP contribution in [0.5, 0.6) is 0 Å². The highest BCUT2D eigenvalue weighted by molar-refractivity contribution is 7.89. The Morgan fingerprint density at radius 3 is 2.73 bits per heavy atom. The van der Waals surface area contributed by atoms with Crippen molar-refractivity contribution < 1.29 is 17.6 Å². The molecule has 1 amide bonds. The van der Waals surface area contributed by atoms with Crippen LogP contribution in [0.1, 0.15) is 31.6 Å². The molecule has 26 heavy (non-hydrogen) atoms. The van der Waals surface area contributed by atoms with Crippen LogP contribution in [0, 0.1) is 5.92 Å². The molecule has 0 radical (unpaired) electrons. The number of hydrogen-bond donors (Lipinski definition) is 0. The number of hydrogen-bond acceptors (Lipinski definition) is 4. The summed E-state index contributed by atoms with van der Waals surface area (Å²) in [6.45, 7) is 4.80. The number of carbonyl (C=O) groups is 1. The van der Waals surface area contributed by atoms with Gasteiger partial charge in [0.15, 0.2) is 0 Å². The number of benzene rings is 1. The molecular weight excluding hydrogens is 352 g/mol. The quantitative estimate of drug-likeness (QED) is 0.777. The van der Waals surface area contributed by atoms with Crippen molar-refractivity contribution in [3.05, 3.63) is 47.9 Å². The molecule has 1 aliphatic heterocycles. The van der Waals surface area contributed by atoms with E-state index in [9.17, 15) is 13.2 Å². The Bertz CT molecular complexity index is 888. The molecule has 140 valence electrons. The minimum Gasteiger partial charge on any atom is -0.468 e. The summed E-state index contributed by atoms with van der Waals surface area (Å²) in [5.41, 5.74) is 1.72. The summed E-state index contributed by atoms with van der Waals surface area (Å²) in [5.74, 6) is 0.966. The summed E-state index contributed by atoms with van der Waals surface area (Å²) in [4.78, 5) is 14.4. The van der Waals surface area contributed by atoms with Crippen molar-refractivity contribution in [2.75, 3.05) is 18.5 Å². The maximum absolute atomic E-state index is 12.8. The second-order valence-corrected chi connectivity index (χ2v) is 9.07. The van der Waals surface area contributed by atoms with Gasteiger partial charge in [0.25, 0.3) is 0 Å². The molecule has 1 aromatic carbocycles. The number of amides is 1. The zero-order chi connectivity index (χ0) is 18.9. The van der Waals surface area contributed by atoms with E-state index in [1.165, 1.54) is 17.6 Å². The average Bonchev–Trinajstić information content (AvgIpc) is 3.22. The van der Waals surface area contributed by atoms with Gasteiger partial charge in [-0.1, -0.05) is 13.8 Å². The molecule has 0 fully saturated rings. The summed E-state index contributed by atoms with van der Waals surface area (Å²) in [6, 6.07) is 8.48. The Morgan fingerprint density at radius 1 is 1.31 bits per heavy atom. The molecule has 0 saturated heterocycles. The van der Waals surface area contributed by atoms with Crippen LogP contribution in [0.3, 0.4) is 0 Å². The van der Waals surface area contributed by atoms with Crippen LogP contribution >= 0.6 is 0 Å². The van der Waals surface area contributed by atoms with Crippen LogP contribution in [0.2, 0.25) is 0 Å². The van der Waals surface area contributed by atoms with Gasteiger partial charge in [-0.25, -0.2) is 8.42 Å². The molecule has 2 heterocycles.